The van der Waals surface area contributed by atoms with Crippen LogP contribution in [0.15, 0.2) is 48.5 Å². The fourth-order valence-corrected chi connectivity index (χ4v) is 1.98. The second-order valence-corrected chi connectivity index (χ2v) is 4.51. The molecule has 0 aliphatic heterocycles. The number of hydrogen-bond donors (Lipinski definition) is 1. The van der Waals surface area contributed by atoms with E-state index >= 15 is 0 Å². The number of nitrogens with one attached hydrogen (secondary N) is 1. The summed E-state index contributed by atoms with van der Waals surface area (Å²) in [5.41, 5.74) is 3.62. The summed E-state index contributed by atoms with van der Waals surface area (Å²) in [4.78, 5) is 0. The van der Waals surface area contributed by atoms with Gasteiger partial charge in [-0.15, -0.1) is 0 Å². The third-order valence-corrected chi connectivity index (χ3v) is 3.00. The van der Waals surface area contributed by atoms with E-state index in [2.05, 4.69) is 55.6 Å². The number of aryl methyl sites for hydroxylation is 1. The van der Waals surface area contributed by atoms with Crippen LogP contribution < -0.4 is 10.1 Å². The Balaban J connectivity index is 2.13. The molecule has 2 rings (SSSR count). The van der Waals surface area contributed by atoms with Crippen LogP contribution in [-0.2, 0) is 0 Å². The van der Waals surface area contributed by atoms with Gasteiger partial charge in [0.05, 0.1) is 7.11 Å². The van der Waals surface area contributed by atoms with Crippen LogP contribution in [0.4, 0.5) is 5.69 Å². The molecule has 0 saturated carbocycles. The zero-order valence-electron chi connectivity index (χ0n) is 11.1. The van der Waals surface area contributed by atoms with E-state index in [1.165, 1.54) is 11.1 Å². The van der Waals surface area contributed by atoms with Crippen molar-refractivity contribution in [3.05, 3.63) is 59.7 Å². The molecule has 18 heavy (non-hydrogen) atoms. The Labute approximate surface area is 109 Å². The van der Waals surface area contributed by atoms with Gasteiger partial charge >= 0.3 is 0 Å². The molecule has 2 nitrogen and oxygen atoms in total. The highest BCUT2D eigenvalue weighted by Gasteiger charge is 2.06. The first kappa shape index (κ1) is 12.5. The van der Waals surface area contributed by atoms with E-state index in [1.807, 2.05) is 12.1 Å². The first-order valence-corrected chi connectivity index (χ1v) is 6.16. The minimum absolute atomic E-state index is 0.252. The van der Waals surface area contributed by atoms with Crippen molar-refractivity contribution in [3.8, 4) is 5.75 Å². The largest absolute Gasteiger partial charge is 0.497 e. The molecule has 1 unspecified atom stereocenters. The summed E-state index contributed by atoms with van der Waals surface area (Å²) in [7, 11) is 1.69. The highest BCUT2D eigenvalue weighted by Crippen LogP contribution is 2.22. The molecule has 0 amide bonds. The van der Waals surface area contributed by atoms with Crippen molar-refractivity contribution in [2.45, 2.75) is 19.9 Å². The summed E-state index contributed by atoms with van der Waals surface area (Å²) in [6.07, 6.45) is 0. The minimum Gasteiger partial charge on any atom is -0.497 e. The molecule has 94 valence electrons. The maximum atomic E-state index is 5.25. The van der Waals surface area contributed by atoms with Crippen molar-refractivity contribution in [2.75, 3.05) is 12.4 Å². The van der Waals surface area contributed by atoms with Crippen molar-refractivity contribution in [1.29, 1.82) is 0 Å². The Kier molecular flexibility index (Phi) is 3.88. The van der Waals surface area contributed by atoms with E-state index in [0.29, 0.717) is 0 Å². The number of hydrogen-bond acceptors (Lipinski definition) is 2. The molecule has 0 fully saturated rings. The lowest BCUT2D eigenvalue weighted by atomic mass is 10.1. The van der Waals surface area contributed by atoms with Crippen molar-refractivity contribution in [2.24, 2.45) is 0 Å². The Bertz CT molecular complexity index is 522. The molecule has 0 aromatic heterocycles. The van der Waals surface area contributed by atoms with Gasteiger partial charge in [-0.25, -0.2) is 0 Å². The number of ether oxygens (including phenoxy) is 1. The van der Waals surface area contributed by atoms with Gasteiger partial charge in [0, 0.05) is 11.7 Å². The second kappa shape index (κ2) is 5.58. The molecular weight excluding hydrogens is 222 g/mol. The molecule has 2 heteroatoms. The third-order valence-electron chi connectivity index (χ3n) is 3.00. The number of methoxy groups -OCH3 is 1. The Morgan fingerprint density at radius 1 is 1.06 bits per heavy atom. The fraction of sp³-hybridized carbons (Fsp3) is 0.250. The zero-order chi connectivity index (χ0) is 13.0. The van der Waals surface area contributed by atoms with Gasteiger partial charge in [0.25, 0.3) is 0 Å². The van der Waals surface area contributed by atoms with E-state index in [4.69, 9.17) is 4.74 Å². The molecule has 1 atom stereocenters. The Morgan fingerprint density at radius 2 is 1.83 bits per heavy atom. The van der Waals surface area contributed by atoms with Gasteiger partial charge in [-0.3, -0.25) is 0 Å². The van der Waals surface area contributed by atoms with Crippen LogP contribution in [0.1, 0.15) is 24.1 Å². The van der Waals surface area contributed by atoms with Crippen LogP contribution in [0.25, 0.3) is 0 Å². The SMILES string of the molecule is COc1cccc(C(C)Nc2cccc(C)c2)c1. The maximum Gasteiger partial charge on any atom is 0.119 e. The number of benzene rings is 2. The summed E-state index contributed by atoms with van der Waals surface area (Å²) in [6, 6.07) is 16.8. The zero-order valence-corrected chi connectivity index (χ0v) is 11.1. The summed E-state index contributed by atoms with van der Waals surface area (Å²) in [5.74, 6) is 0.894. The fourth-order valence-electron chi connectivity index (χ4n) is 1.98. The third kappa shape index (κ3) is 3.04. The topological polar surface area (TPSA) is 21.3 Å². The van der Waals surface area contributed by atoms with Crippen LogP contribution in [0.3, 0.4) is 0 Å². The van der Waals surface area contributed by atoms with Crippen molar-refractivity contribution < 1.29 is 4.74 Å². The molecule has 0 bridgehead atoms. The first-order chi connectivity index (χ1) is 8.69. The Morgan fingerprint density at radius 3 is 2.56 bits per heavy atom. The van der Waals surface area contributed by atoms with Gasteiger partial charge in [-0.1, -0.05) is 24.3 Å². The van der Waals surface area contributed by atoms with Crippen molar-refractivity contribution in [3.63, 3.8) is 0 Å². The van der Waals surface area contributed by atoms with E-state index in [9.17, 15) is 0 Å². The van der Waals surface area contributed by atoms with Crippen LogP contribution in [0, 0.1) is 6.92 Å². The maximum absolute atomic E-state index is 5.25. The molecule has 2 aromatic carbocycles. The quantitative estimate of drug-likeness (QED) is 0.867. The van der Waals surface area contributed by atoms with E-state index in [0.717, 1.165) is 11.4 Å². The van der Waals surface area contributed by atoms with Gasteiger partial charge in [0.15, 0.2) is 0 Å². The monoisotopic (exact) mass is 241 g/mol. The molecule has 0 heterocycles. The smallest absolute Gasteiger partial charge is 0.119 e. The van der Waals surface area contributed by atoms with E-state index in [1.54, 1.807) is 7.11 Å². The summed E-state index contributed by atoms with van der Waals surface area (Å²) >= 11 is 0. The molecule has 0 spiro atoms. The lowest BCUT2D eigenvalue weighted by Crippen LogP contribution is -2.06. The van der Waals surface area contributed by atoms with E-state index < -0.39 is 0 Å². The molecule has 0 aliphatic carbocycles. The summed E-state index contributed by atoms with van der Waals surface area (Å²) < 4.78 is 5.25. The molecule has 0 saturated heterocycles. The lowest BCUT2D eigenvalue weighted by molar-refractivity contribution is 0.414. The predicted molar refractivity (Wildman–Crippen MR) is 76.2 cm³/mol. The molecular formula is C16H19NO. The van der Waals surface area contributed by atoms with Crippen molar-refractivity contribution >= 4 is 5.69 Å². The molecule has 0 radical (unpaired) electrons. The first-order valence-electron chi connectivity index (χ1n) is 6.16. The van der Waals surface area contributed by atoms with E-state index in [-0.39, 0.29) is 6.04 Å². The normalized spacial score (nSPS) is 11.9. The van der Waals surface area contributed by atoms with Gasteiger partial charge in [0.1, 0.15) is 5.75 Å². The summed E-state index contributed by atoms with van der Waals surface area (Å²) in [5, 5.41) is 3.49. The van der Waals surface area contributed by atoms with Gasteiger partial charge in [0.2, 0.25) is 0 Å². The average Bonchev–Trinajstić information content (AvgIpc) is 2.39. The van der Waals surface area contributed by atoms with Gasteiger partial charge in [-0.05, 0) is 49.2 Å². The van der Waals surface area contributed by atoms with Crippen molar-refractivity contribution in [1.82, 2.24) is 0 Å². The van der Waals surface area contributed by atoms with Gasteiger partial charge < -0.3 is 10.1 Å². The summed E-state index contributed by atoms with van der Waals surface area (Å²) in [6.45, 7) is 4.25. The van der Waals surface area contributed by atoms with Crippen LogP contribution in [-0.4, -0.2) is 7.11 Å². The standard InChI is InChI=1S/C16H19NO/c1-12-6-4-8-15(10-12)17-13(2)14-7-5-9-16(11-14)18-3/h4-11,13,17H,1-3H3. The number of rotatable bonds is 4. The molecule has 2 aromatic rings. The van der Waals surface area contributed by atoms with Gasteiger partial charge in [-0.2, -0.15) is 0 Å². The predicted octanol–water partition coefficient (Wildman–Crippen LogP) is 4.18. The van der Waals surface area contributed by atoms with Crippen LogP contribution in [0.2, 0.25) is 0 Å². The average molecular weight is 241 g/mol. The highest BCUT2D eigenvalue weighted by atomic mass is 16.5. The Hall–Kier alpha value is -1.96. The highest BCUT2D eigenvalue weighted by molar-refractivity contribution is 5.47. The van der Waals surface area contributed by atoms with Crippen LogP contribution >= 0.6 is 0 Å². The molecule has 1 N–H and O–H groups in total. The molecule has 0 aliphatic rings. The van der Waals surface area contributed by atoms with Crippen LogP contribution in [0.5, 0.6) is 5.75 Å². The lowest BCUT2D eigenvalue weighted by Gasteiger charge is -2.16. The second-order valence-electron chi connectivity index (χ2n) is 4.51. The minimum atomic E-state index is 0.252. The number of anilines is 1.